The third kappa shape index (κ3) is 5.15. The number of nitrogens with zero attached hydrogens (tertiary/aromatic N) is 1. The van der Waals surface area contributed by atoms with Crippen LogP contribution in [0.15, 0.2) is 42.5 Å². The van der Waals surface area contributed by atoms with Crippen molar-refractivity contribution < 1.29 is 13.2 Å². The minimum atomic E-state index is -4.40. The van der Waals surface area contributed by atoms with E-state index in [1.54, 1.807) is 18.2 Å². The van der Waals surface area contributed by atoms with E-state index in [0.29, 0.717) is 22.4 Å². The Morgan fingerprint density at radius 1 is 1.10 bits per heavy atom. The van der Waals surface area contributed by atoms with Crippen molar-refractivity contribution in [1.29, 1.82) is 0 Å². The molecule has 0 spiro atoms. The molecule has 1 aliphatic rings. The number of hydrogen-bond acceptors (Lipinski definition) is 1. The first kappa shape index (κ1) is 23.4. The van der Waals surface area contributed by atoms with E-state index in [1.165, 1.54) is 37.8 Å². The third-order valence-corrected chi connectivity index (χ3v) is 6.26. The van der Waals surface area contributed by atoms with Crippen LogP contribution in [0.2, 0.25) is 0 Å². The van der Waals surface area contributed by atoms with Gasteiger partial charge in [0.1, 0.15) is 5.82 Å². The Kier molecular flexibility index (Phi) is 6.56. The summed E-state index contributed by atoms with van der Waals surface area (Å²) >= 11 is 0. The summed E-state index contributed by atoms with van der Waals surface area (Å²) in [4.78, 5) is 7.96. The lowest BCUT2D eigenvalue weighted by Crippen LogP contribution is -2.20. The van der Waals surface area contributed by atoms with Crippen molar-refractivity contribution in [3.8, 4) is 11.1 Å². The topological polar surface area (TPSA) is 28.7 Å². The summed E-state index contributed by atoms with van der Waals surface area (Å²) in [5.74, 6) is 1.31. The summed E-state index contributed by atoms with van der Waals surface area (Å²) < 4.78 is 40.3. The van der Waals surface area contributed by atoms with Crippen LogP contribution >= 0.6 is 12.4 Å². The normalized spacial score (nSPS) is 17.2. The molecule has 0 saturated heterocycles. The van der Waals surface area contributed by atoms with Gasteiger partial charge in [-0.1, -0.05) is 38.1 Å². The van der Waals surface area contributed by atoms with Crippen LogP contribution < -0.4 is 0 Å². The Morgan fingerprint density at radius 3 is 2.45 bits per heavy atom. The Morgan fingerprint density at radius 2 is 1.77 bits per heavy atom. The van der Waals surface area contributed by atoms with Crippen molar-refractivity contribution in [3.63, 3.8) is 0 Å². The average Bonchev–Trinajstić information content (AvgIpc) is 3.10. The number of aromatic nitrogens is 2. The van der Waals surface area contributed by atoms with E-state index >= 15 is 0 Å². The molecule has 0 radical (unpaired) electrons. The number of halogens is 4. The minimum Gasteiger partial charge on any atom is -0.338 e. The monoisotopic (exact) mass is 448 g/mol. The van der Waals surface area contributed by atoms with Crippen molar-refractivity contribution >= 4 is 29.5 Å². The number of benzene rings is 2. The van der Waals surface area contributed by atoms with Crippen LogP contribution in [0.1, 0.15) is 56.5 Å². The quantitative estimate of drug-likeness (QED) is 0.429. The Labute approximate surface area is 187 Å². The lowest BCUT2D eigenvalue weighted by atomic mass is 9.73. The summed E-state index contributed by atoms with van der Waals surface area (Å²) in [6.45, 7) is 6.55. The number of aryl methyl sites for hydroxylation is 1. The lowest BCUT2D eigenvalue weighted by Gasteiger charge is -2.32. The molecule has 4 rings (SSSR count). The number of alkyl halides is 3. The number of nitrogens with one attached hydrogen (secondary N) is 1. The fraction of sp³-hybridized carbons (Fsp3) is 0.400. The molecule has 31 heavy (non-hydrogen) atoms. The van der Waals surface area contributed by atoms with Gasteiger partial charge in [-0.3, -0.25) is 0 Å². The van der Waals surface area contributed by atoms with E-state index < -0.39 is 11.7 Å². The maximum absolute atomic E-state index is 13.4. The summed E-state index contributed by atoms with van der Waals surface area (Å²) in [5, 5.41) is 0. The van der Waals surface area contributed by atoms with E-state index in [2.05, 4.69) is 29.9 Å². The molecule has 0 aliphatic heterocycles. The van der Waals surface area contributed by atoms with E-state index in [1.807, 2.05) is 13.0 Å². The molecule has 2 nitrogen and oxygen atoms in total. The van der Waals surface area contributed by atoms with Gasteiger partial charge in [0.15, 0.2) is 0 Å². The molecule has 0 amide bonds. The van der Waals surface area contributed by atoms with E-state index in [-0.39, 0.29) is 18.0 Å². The Bertz CT molecular complexity index is 1090. The highest BCUT2D eigenvalue weighted by atomic mass is 35.5. The van der Waals surface area contributed by atoms with Crippen molar-refractivity contribution in [1.82, 2.24) is 9.97 Å². The molecule has 1 N–H and O–H groups in total. The predicted octanol–water partition coefficient (Wildman–Crippen LogP) is 8.21. The molecule has 166 valence electrons. The van der Waals surface area contributed by atoms with Gasteiger partial charge < -0.3 is 4.98 Å². The SMILES string of the molecule is Cc1cc(-c2ccccc2C(F)(F)F)cc2nc(/C=C/C3CCC(C)(C)CC3)[nH]c12.Cl. The minimum absolute atomic E-state index is 0. The van der Waals surface area contributed by atoms with Crippen LogP contribution in [0.25, 0.3) is 28.2 Å². The van der Waals surface area contributed by atoms with Gasteiger partial charge in [-0.05, 0) is 84.9 Å². The van der Waals surface area contributed by atoms with Gasteiger partial charge in [0.25, 0.3) is 0 Å². The number of fused-ring (bicyclic) bond motifs is 1. The number of allylic oxidation sites excluding steroid dienone is 1. The molecule has 1 fully saturated rings. The highest BCUT2D eigenvalue weighted by Crippen LogP contribution is 2.39. The second-order valence-corrected chi connectivity index (χ2v) is 9.21. The summed E-state index contributed by atoms with van der Waals surface area (Å²) in [7, 11) is 0. The second kappa shape index (κ2) is 8.70. The molecule has 0 atom stereocenters. The third-order valence-electron chi connectivity index (χ3n) is 6.26. The number of H-pyrrole nitrogens is 1. The maximum Gasteiger partial charge on any atom is 0.417 e. The van der Waals surface area contributed by atoms with Gasteiger partial charge in [0.05, 0.1) is 16.6 Å². The van der Waals surface area contributed by atoms with Crippen LogP contribution in [0, 0.1) is 18.3 Å². The zero-order chi connectivity index (χ0) is 21.5. The summed E-state index contributed by atoms with van der Waals surface area (Å²) in [6, 6.07) is 9.22. The van der Waals surface area contributed by atoms with Gasteiger partial charge in [-0.15, -0.1) is 12.4 Å². The van der Waals surface area contributed by atoms with E-state index in [0.717, 1.165) is 23.0 Å². The van der Waals surface area contributed by atoms with Gasteiger partial charge in [-0.25, -0.2) is 4.98 Å². The summed E-state index contributed by atoms with van der Waals surface area (Å²) in [6.07, 6.45) is 4.66. The van der Waals surface area contributed by atoms with Crippen LogP contribution in [0.5, 0.6) is 0 Å². The zero-order valence-electron chi connectivity index (χ0n) is 18.0. The second-order valence-electron chi connectivity index (χ2n) is 9.21. The van der Waals surface area contributed by atoms with Crippen molar-refractivity contribution in [2.45, 2.75) is 52.6 Å². The van der Waals surface area contributed by atoms with Gasteiger partial charge in [0, 0.05) is 0 Å². The number of aromatic amines is 1. The highest BCUT2D eigenvalue weighted by Gasteiger charge is 2.33. The first-order chi connectivity index (χ1) is 14.1. The number of hydrogen-bond donors (Lipinski definition) is 1. The molecule has 2 aromatic carbocycles. The summed E-state index contributed by atoms with van der Waals surface area (Å²) in [5.41, 5.74) is 2.96. The molecule has 6 heteroatoms. The molecule has 1 heterocycles. The van der Waals surface area contributed by atoms with Gasteiger partial charge in [-0.2, -0.15) is 13.2 Å². The van der Waals surface area contributed by atoms with Crippen LogP contribution in [0.3, 0.4) is 0 Å². The molecular formula is C25H28ClF3N2. The maximum atomic E-state index is 13.4. The van der Waals surface area contributed by atoms with Crippen LogP contribution in [0.4, 0.5) is 13.2 Å². The largest absolute Gasteiger partial charge is 0.417 e. The molecule has 1 aliphatic carbocycles. The molecule has 3 aromatic rings. The standard InChI is InChI=1S/C25H27F3N2.ClH/c1-16-14-18(19-6-4-5-7-20(19)25(26,27)28)15-21-23(16)30-22(29-21)9-8-17-10-12-24(2,3)13-11-17;/h4-9,14-15,17H,10-13H2,1-3H3,(H,29,30);1H/b9-8+;. The molecule has 0 bridgehead atoms. The lowest BCUT2D eigenvalue weighted by molar-refractivity contribution is -0.137. The zero-order valence-corrected chi connectivity index (χ0v) is 18.8. The van der Waals surface area contributed by atoms with Crippen molar-refractivity contribution in [2.75, 3.05) is 0 Å². The van der Waals surface area contributed by atoms with Gasteiger partial charge in [0.2, 0.25) is 0 Å². The predicted molar refractivity (Wildman–Crippen MR) is 123 cm³/mol. The first-order valence-corrected chi connectivity index (χ1v) is 10.5. The van der Waals surface area contributed by atoms with E-state index in [4.69, 9.17) is 0 Å². The van der Waals surface area contributed by atoms with Gasteiger partial charge >= 0.3 is 6.18 Å². The molecule has 0 unspecified atom stereocenters. The fourth-order valence-corrected chi connectivity index (χ4v) is 4.36. The smallest absolute Gasteiger partial charge is 0.338 e. The number of imidazole rings is 1. The Hall–Kier alpha value is -2.27. The van der Waals surface area contributed by atoms with Crippen molar-refractivity contribution in [3.05, 3.63) is 59.4 Å². The highest BCUT2D eigenvalue weighted by molar-refractivity contribution is 5.86. The molecule has 1 saturated carbocycles. The average molecular weight is 449 g/mol. The fourth-order valence-electron chi connectivity index (χ4n) is 4.36. The van der Waals surface area contributed by atoms with Crippen LogP contribution in [-0.2, 0) is 6.18 Å². The number of rotatable bonds is 3. The van der Waals surface area contributed by atoms with Crippen LogP contribution in [-0.4, -0.2) is 9.97 Å². The van der Waals surface area contributed by atoms with Crippen molar-refractivity contribution in [2.24, 2.45) is 11.3 Å². The first-order valence-electron chi connectivity index (χ1n) is 10.5. The van der Waals surface area contributed by atoms with E-state index in [9.17, 15) is 13.2 Å². The molecular weight excluding hydrogens is 421 g/mol. The Balaban J connectivity index is 0.00000272. The molecule has 1 aromatic heterocycles.